The number of hydrogen-bond donors (Lipinski definition) is 3. The Labute approximate surface area is 155 Å². The van der Waals surface area contributed by atoms with Gasteiger partial charge in [-0.05, 0) is 0 Å². The van der Waals surface area contributed by atoms with Gasteiger partial charge in [-0.2, -0.15) is 22.0 Å². The molecule has 0 aromatic heterocycles. The fourth-order valence-corrected chi connectivity index (χ4v) is 0.847. The third-order valence-corrected chi connectivity index (χ3v) is 1.65. The van der Waals surface area contributed by atoms with E-state index in [1.165, 1.54) is 0 Å². The first kappa shape index (κ1) is 23.8. The van der Waals surface area contributed by atoms with Crippen LogP contribution in [0.25, 0.3) is 0 Å². The van der Waals surface area contributed by atoms with Crippen LogP contribution in [0.1, 0.15) is 0 Å². The van der Waals surface area contributed by atoms with Crippen LogP contribution in [0.3, 0.4) is 0 Å². The van der Waals surface area contributed by atoms with Crippen molar-refractivity contribution in [2.75, 3.05) is 6.54 Å². The van der Waals surface area contributed by atoms with E-state index >= 15 is 0 Å². The van der Waals surface area contributed by atoms with E-state index in [1.54, 1.807) is 0 Å². The standard InChI is InChI=1S/C6H3F8N2.BH3O3.K/c7-3-1-4(8)16(14)15(3)2-5(9,10)6(11,12)13;2-1(3)4;/h4H,2H2;2-4H;/q-1;;+1. The van der Waals surface area contributed by atoms with Gasteiger partial charge in [-0.3, -0.25) is 9.40 Å². The molecule has 0 saturated carbocycles. The molecular formula is C6H6BF8KN2O3. The molecule has 0 aromatic rings. The van der Waals surface area contributed by atoms with Gasteiger partial charge in [-0.15, -0.1) is 4.48 Å². The minimum atomic E-state index is -5.98. The molecule has 1 aliphatic rings. The third kappa shape index (κ3) is 7.56. The Balaban J connectivity index is 0. The Bertz CT molecular complexity index is 355. The predicted octanol–water partition coefficient (Wildman–Crippen LogP) is -2.54. The van der Waals surface area contributed by atoms with Crippen molar-refractivity contribution in [3.8, 4) is 0 Å². The zero-order chi connectivity index (χ0) is 16.3. The summed E-state index contributed by atoms with van der Waals surface area (Å²) in [6.07, 6.45) is -7.78. The van der Waals surface area contributed by atoms with Gasteiger partial charge in [0, 0.05) is 5.95 Å². The molecule has 1 unspecified atom stereocenters. The summed E-state index contributed by atoms with van der Waals surface area (Å²) in [4.78, 5) is 0. The molecule has 1 atom stereocenters. The summed E-state index contributed by atoms with van der Waals surface area (Å²) in [5.41, 5.74) is 0. The van der Waals surface area contributed by atoms with Gasteiger partial charge < -0.3 is 21.1 Å². The Hall–Kier alpha value is 0.521. The molecule has 0 aliphatic carbocycles. The van der Waals surface area contributed by atoms with Gasteiger partial charge in [0.15, 0.2) is 0 Å². The van der Waals surface area contributed by atoms with Gasteiger partial charge in [-0.25, -0.2) is 4.39 Å². The van der Waals surface area contributed by atoms with Crippen LogP contribution in [0.2, 0.25) is 0 Å². The van der Waals surface area contributed by atoms with Crippen molar-refractivity contribution in [1.82, 2.24) is 10.2 Å². The minimum Gasteiger partial charge on any atom is -0.402 e. The molecular weight excluding hydrogens is 350 g/mol. The molecule has 0 spiro atoms. The molecule has 0 amide bonds. The van der Waals surface area contributed by atoms with Crippen LogP contribution >= 0.6 is 0 Å². The molecule has 0 saturated heterocycles. The maximum absolute atomic E-state index is 12.5. The number of hydrazine groups is 1. The zero-order valence-electron chi connectivity index (χ0n) is 10.1. The first-order valence-electron chi connectivity index (χ1n) is 4.44. The average molecular weight is 356 g/mol. The van der Waals surface area contributed by atoms with Crippen molar-refractivity contribution in [2.45, 2.75) is 18.4 Å². The predicted molar refractivity (Wildman–Crippen MR) is 45.8 cm³/mol. The van der Waals surface area contributed by atoms with E-state index in [-0.39, 0.29) is 51.4 Å². The van der Waals surface area contributed by atoms with Crippen LogP contribution in [0.4, 0.5) is 35.2 Å². The van der Waals surface area contributed by atoms with E-state index in [4.69, 9.17) is 15.1 Å². The van der Waals surface area contributed by atoms with Crippen molar-refractivity contribution >= 4 is 7.32 Å². The van der Waals surface area contributed by atoms with Gasteiger partial charge in [0.1, 0.15) is 6.54 Å². The summed E-state index contributed by atoms with van der Waals surface area (Å²) < 4.78 is 97.1. The average Bonchev–Trinajstić information content (AvgIpc) is 2.42. The Morgan fingerprint density at radius 3 is 1.76 bits per heavy atom. The maximum atomic E-state index is 12.5. The van der Waals surface area contributed by atoms with Crippen molar-refractivity contribution in [3.63, 3.8) is 0 Å². The van der Waals surface area contributed by atoms with Crippen LogP contribution < -0.4 is 51.4 Å². The van der Waals surface area contributed by atoms with E-state index < -0.39 is 48.5 Å². The second-order valence-electron chi connectivity index (χ2n) is 3.17. The van der Waals surface area contributed by atoms with Gasteiger partial charge in [-0.1, -0.05) is 5.23 Å². The minimum absolute atomic E-state index is 0. The maximum Gasteiger partial charge on any atom is 1.00 e. The SMILES string of the molecule is FC1=[C-]C(F)N(F)N1CC(F)(F)C(F)(F)F.OB(O)O.[K+]. The quantitative estimate of drug-likeness (QED) is 0.167. The molecule has 1 aliphatic heterocycles. The topological polar surface area (TPSA) is 67.2 Å². The van der Waals surface area contributed by atoms with Crippen LogP contribution in [0, 0.1) is 6.08 Å². The number of rotatable bonds is 2. The summed E-state index contributed by atoms with van der Waals surface area (Å²) in [7, 11) is -2.17. The van der Waals surface area contributed by atoms with Gasteiger partial charge in [0.25, 0.3) is 0 Å². The van der Waals surface area contributed by atoms with Crippen molar-refractivity contribution < 1.29 is 102 Å². The Morgan fingerprint density at radius 2 is 1.52 bits per heavy atom. The monoisotopic (exact) mass is 356 g/mol. The number of halogens is 8. The summed E-state index contributed by atoms with van der Waals surface area (Å²) in [5.74, 6) is -7.35. The fraction of sp³-hybridized carbons (Fsp3) is 0.667. The molecule has 1 rings (SSSR count). The van der Waals surface area contributed by atoms with E-state index in [0.29, 0.717) is 0 Å². The van der Waals surface area contributed by atoms with E-state index in [2.05, 4.69) is 0 Å². The number of alkyl halides is 6. The third-order valence-electron chi connectivity index (χ3n) is 1.65. The Kier molecular flexibility index (Phi) is 10.2. The second-order valence-corrected chi connectivity index (χ2v) is 3.17. The second kappa shape index (κ2) is 8.97. The van der Waals surface area contributed by atoms with Crippen molar-refractivity contribution in [2.24, 2.45) is 0 Å². The first-order chi connectivity index (χ1) is 8.79. The Morgan fingerprint density at radius 1 is 1.14 bits per heavy atom. The van der Waals surface area contributed by atoms with Crippen LogP contribution in [-0.2, 0) is 0 Å². The summed E-state index contributed by atoms with van der Waals surface area (Å²) in [6.45, 7) is -2.40. The molecule has 1 heterocycles. The zero-order valence-corrected chi connectivity index (χ0v) is 13.2. The molecule has 21 heavy (non-hydrogen) atoms. The van der Waals surface area contributed by atoms with E-state index in [9.17, 15) is 35.2 Å². The van der Waals surface area contributed by atoms with Crippen LogP contribution in [0.5, 0.6) is 0 Å². The molecule has 118 valence electrons. The molecule has 5 nitrogen and oxygen atoms in total. The van der Waals surface area contributed by atoms with Crippen LogP contribution in [0.15, 0.2) is 5.95 Å². The summed E-state index contributed by atoms with van der Waals surface area (Å²) in [5, 5.41) is 19.4. The summed E-state index contributed by atoms with van der Waals surface area (Å²) >= 11 is 0. The normalized spacial score (nSPS) is 19.5. The van der Waals surface area contributed by atoms with Crippen molar-refractivity contribution in [3.05, 3.63) is 12.0 Å². The van der Waals surface area contributed by atoms with Crippen LogP contribution in [-0.4, -0.2) is 57.6 Å². The molecule has 15 heteroatoms. The largest absolute Gasteiger partial charge is 1.00 e. The number of hydrogen-bond acceptors (Lipinski definition) is 5. The van der Waals surface area contributed by atoms with Gasteiger partial charge >= 0.3 is 70.8 Å². The molecule has 0 fully saturated rings. The smallest absolute Gasteiger partial charge is 0.402 e. The summed E-state index contributed by atoms with van der Waals surface area (Å²) in [6, 6.07) is 0. The fourth-order valence-electron chi connectivity index (χ4n) is 0.847. The van der Waals surface area contributed by atoms with Crippen molar-refractivity contribution in [1.29, 1.82) is 0 Å². The molecule has 0 aromatic carbocycles. The molecule has 3 N–H and O–H groups in total. The van der Waals surface area contributed by atoms with E-state index in [1.807, 2.05) is 0 Å². The van der Waals surface area contributed by atoms with Gasteiger partial charge in [0.2, 0.25) is 0 Å². The molecule has 0 bridgehead atoms. The first-order valence-corrected chi connectivity index (χ1v) is 4.44. The van der Waals surface area contributed by atoms with Gasteiger partial charge in [0.05, 0.1) is 6.30 Å². The number of nitrogens with zero attached hydrogens (tertiary/aromatic N) is 2. The van der Waals surface area contributed by atoms with E-state index in [0.717, 1.165) is 6.08 Å². The molecule has 0 radical (unpaired) electrons.